The van der Waals surface area contributed by atoms with E-state index in [0.29, 0.717) is 57.2 Å². The zero-order valence-electron chi connectivity index (χ0n) is 20.1. The van der Waals surface area contributed by atoms with E-state index < -0.39 is 6.10 Å². The number of carbonyl (C=O) groups is 2. The van der Waals surface area contributed by atoms with E-state index in [0.717, 1.165) is 24.8 Å². The number of amides is 2. The molecule has 2 N–H and O–H groups in total. The van der Waals surface area contributed by atoms with E-state index >= 15 is 0 Å². The largest absolute Gasteiger partial charge is 0.383 e. The normalized spacial score (nSPS) is 23.8. The summed E-state index contributed by atoms with van der Waals surface area (Å²) in [5.74, 6) is 0.439. The molecule has 33 heavy (non-hydrogen) atoms. The third kappa shape index (κ3) is 7.15. The molecule has 2 aliphatic rings. The van der Waals surface area contributed by atoms with Gasteiger partial charge in [0.1, 0.15) is 6.10 Å². The molecule has 1 aromatic carbocycles. The summed E-state index contributed by atoms with van der Waals surface area (Å²) < 4.78 is 5.30. The lowest BCUT2D eigenvalue weighted by molar-refractivity contribution is -0.129. The number of ether oxygens (including phenoxy) is 1. The maximum absolute atomic E-state index is 12.5. The van der Waals surface area contributed by atoms with Crippen molar-refractivity contribution in [2.75, 3.05) is 32.8 Å². The van der Waals surface area contributed by atoms with Gasteiger partial charge < -0.3 is 20.1 Å². The highest BCUT2D eigenvalue weighted by Crippen LogP contribution is 2.48. The van der Waals surface area contributed by atoms with Gasteiger partial charge in [-0.3, -0.25) is 9.59 Å². The van der Waals surface area contributed by atoms with Gasteiger partial charge in [-0.05, 0) is 74.0 Å². The predicted molar refractivity (Wildman–Crippen MR) is 130 cm³/mol. The van der Waals surface area contributed by atoms with Crippen LogP contribution in [0.2, 0.25) is 0 Å². The summed E-state index contributed by atoms with van der Waals surface area (Å²) in [4.78, 5) is 26.7. The maximum Gasteiger partial charge on any atom is 0.254 e. The molecule has 2 fully saturated rings. The summed E-state index contributed by atoms with van der Waals surface area (Å²) in [7, 11) is 0. The van der Waals surface area contributed by atoms with Gasteiger partial charge in [-0.2, -0.15) is 0 Å². The minimum atomic E-state index is -0.958. The molecule has 2 amide bonds. The number of morpholine rings is 1. The van der Waals surface area contributed by atoms with Crippen LogP contribution in [0, 0.1) is 11.3 Å². The van der Waals surface area contributed by atoms with Crippen LogP contribution in [0.25, 0.3) is 0 Å². The number of carbonyl (C=O) groups excluding carboxylic acids is 2. The highest BCUT2D eigenvalue weighted by atomic mass is 16.5. The lowest BCUT2D eigenvalue weighted by atomic mass is 9.77. The van der Waals surface area contributed by atoms with Gasteiger partial charge in [0.05, 0.1) is 13.2 Å². The number of rotatable bonds is 11. The van der Waals surface area contributed by atoms with Gasteiger partial charge in [-0.25, -0.2) is 0 Å². The Morgan fingerprint density at radius 3 is 2.70 bits per heavy atom. The molecule has 1 saturated heterocycles. The fourth-order valence-corrected chi connectivity index (χ4v) is 5.27. The van der Waals surface area contributed by atoms with Crippen LogP contribution in [0.5, 0.6) is 0 Å². The number of allylic oxidation sites excluding steroid dienone is 1. The van der Waals surface area contributed by atoms with Gasteiger partial charge in [0.15, 0.2) is 0 Å². The summed E-state index contributed by atoms with van der Waals surface area (Å²) in [6.45, 7) is 8.99. The summed E-state index contributed by atoms with van der Waals surface area (Å²) in [6, 6.07) is 7.55. The molecule has 1 heterocycles. The monoisotopic (exact) mass is 456 g/mol. The molecule has 1 aliphatic heterocycles. The molecule has 1 saturated carbocycles. The molecule has 0 radical (unpaired) electrons. The van der Waals surface area contributed by atoms with Crippen molar-refractivity contribution in [1.82, 2.24) is 10.2 Å². The van der Waals surface area contributed by atoms with Crippen LogP contribution >= 0.6 is 0 Å². The highest BCUT2D eigenvalue weighted by molar-refractivity contribution is 5.94. The number of nitrogens with zero attached hydrogens (tertiary/aromatic N) is 1. The van der Waals surface area contributed by atoms with E-state index in [2.05, 4.69) is 18.8 Å². The topological polar surface area (TPSA) is 78.9 Å². The minimum Gasteiger partial charge on any atom is -0.383 e. The molecule has 3 rings (SSSR count). The van der Waals surface area contributed by atoms with Gasteiger partial charge >= 0.3 is 0 Å². The van der Waals surface area contributed by atoms with Crippen molar-refractivity contribution < 1.29 is 19.4 Å². The van der Waals surface area contributed by atoms with Gasteiger partial charge in [0, 0.05) is 25.2 Å². The van der Waals surface area contributed by atoms with E-state index in [4.69, 9.17) is 4.74 Å². The van der Waals surface area contributed by atoms with E-state index in [9.17, 15) is 14.7 Å². The van der Waals surface area contributed by atoms with Gasteiger partial charge in [0.25, 0.3) is 5.91 Å². The zero-order chi connectivity index (χ0) is 23.7. The van der Waals surface area contributed by atoms with Gasteiger partial charge in [-0.15, -0.1) is 6.58 Å². The van der Waals surface area contributed by atoms with Crippen molar-refractivity contribution in [2.45, 2.75) is 64.4 Å². The quantitative estimate of drug-likeness (QED) is 0.497. The second-order valence-corrected chi connectivity index (χ2v) is 9.68. The van der Waals surface area contributed by atoms with E-state index in [1.54, 1.807) is 0 Å². The van der Waals surface area contributed by atoms with Crippen LogP contribution in [0.1, 0.15) is 67.8 Å². The second-order valence-electron chi connectivity index (χ2n) is 9.68. The Hall–Kier alpha value is -2.18. The summed E-state index contributed by atoms with van der Waals surface area (Å²) in [5, 5.41) is 13.3. The first kappa shape index (κ1) is 25.4. The Kier molecular flexibility index (Phi) is 9.51. The molecule has 6 heteroatoms. The smallest absolute Gasteiger partial charge is 0.254 e. The van der Waals surface area contributed by atoms with Gasteiger partial charge in [-0.1, -0.05) is 31.6 Å². The Bertz CT molecular complexity index is 788. The number of hydrogen-bond acceptors (Lipinski definition) is 4. The number of hydrogen-bond donors (Lipinski definition) is 2. The first-order chi connectivity index (χ1) is 16.0. The molecule has 3 atom stereocenters. The molecule has 6 nitrogen and oxygen atoms in total. The first-order valence-corrected chi connectivity index (χ1v) is 12.5. The van der Waals surface area contributed by atoms with Crippen LogP contribution in [0.4, 0.5) is 0 Å². The SMILES string of the molecule is C=CCC1CCC(CC)(CCC(O)C(=O)NCCc2ccc(C(=O)N3CCOCC3)cc2)C1. The van der Waals surface area contributed by atoms with Crippen LogP contribution in [0.3, 0.4) is 0 Å². The average Bonchev–Trinajstić information content (AvgIpc) is 3.26. The Morgan fingerprint density at radius 1 is 1.30 bits per heavy atom. The minimum absolute atomic E-state index is 0.0317. The van der Waals surface area contributed by atoms with Gasteiger partial charge in [0.2, 0.25) is 5.91 Å². The number of benzene rings is 1. The van der Waals surface area contributed by atoms with Crippen LogP contribution < -0.4 is 5.32 Å². The molecule has 1 aliphatic carbocycles. The maximum atomic E-state index is 12.5. The Morgan fingerprint density at radius 2 is 2.03 bits per heavy atom. The van der Waals surface area contributed by atoms with E-state index in [1.165, 1.54) is 19.3 Å². The summed E-state index contributed by atoms with van der Waals surface area (Å²) >= 11 is 0. The third-order valence-electron chi connectivity index (χ3n) is 7.52. The fourth-order valence-electron chi connectivity index (χ4n) is 5.27. The van der Waals surface area contributed by atoms with Crippen LogP contribution in [-0.4, -0.2) is 60.8 Å². The molecule has 0 spiro atoms. The van der Waals surface area contributed by atoms with Crippen LogP contribution in [-0.2, 0) is 16.0 Å². The van der Waals surface area contributed by atoms with E-state index in [-0.39, 0.29) is 17.2 Å². The second kappa shape index (κ2) is 12.3. The first-order valence-electron chi connectivity index (χ1n) is 12.5. The fraction of sp³-hybridized carbons (Fsp3) is 0.630. The van der Waals surface area contributed by atoms with Crippen molar-refractivity contribution in [3.63, 3.8) is 0 Å². The van der Waals surface area contributed by atoms with E-state index in [1.807, 2.05) is 35.2 Å². The summed E-state index contributed by atoms with van der Waals surface area (Å²) in [6.07, 6.45) is 8.85. The van der Waals surface area contributed by atoms with Crippen molar-refractivity contribution in [3.05, 3.63) is 48.0 Å². The Labute approximate surface area is 198 Å². The predicted octanol–water partition coefficient (Wildman–Crippen LogP) is 3.73. The van der Waals surface area contributed by atoms with Crippen molar-refractivity contribution >= 4 is 11.8 Å². The lowest BCUT2D eigenvalue weighted by Gasteiger charge is -2.29. The lowest BCUT2D eigenvalue weighted by Crippen LogP contribution is -2.40. The molecule has 0 bridgehead atoms. The highest BCUT2D eigenvalue weighted by Gasteiger charge is 2.37. The molecule has 1 aromatic rings. The standard InChI is InChI=1S/C27H40N2O4/c1-3-5-22-10-13-27(4-2,20-22)14-11-24(30)25(31)28-15-12-21-6-8-23(9-7-21)26(32)29-16-18-33-19-17-29/h3,6-9,22,24,30H,1,4-5,10-20H2,2H3,(H,28,31). The zero-order valence-corrected chi connectivity index (χ0v) is 20.1. The average molecular weight is 457 g/mol. The molecular formula is C27H40N2O4. The van der Waals surface area contributed by atoms with Crippen molar-refractivity contribution in [1.29, 1.82) is 0 Å². The Balaban J connectivity index is 1.38. The number of aliphatic hydroxyl groups is 1. The van der Waals surface area contributed by atoms with Crippen molar-refractivity contribution in [3.8, 4) is 0 Å². The number of aliphatic hydroxyl groups excluding tert-OH is 1. The van der Waals surface area contributed by atoms with Crippen LogP contribution in [0.15, 0.2) is 36.9 Å². The van der Waals surface area contributed by atoms with Crippen molar-refractivity contribution in [2.24, 2.45) is 11.3 Å². The number of nitrogens with one attached hydrogen (secondary N) is 1. The molecular weight excluding hydrogens is 416 g/mol. The molecule has 3 unspecified atom stereocenters. The molecule has 182 valence electrons. The third-order valence-corrected chi connectivity index (χ3v) is 7.52. The summed E-state index contributed by atoms with van der Waals surface area (Å²) in [5.41, 5.74) is 1.98. The molecule has 0 aromatic heterocycles.